The minimum absolute atomic E-state index is 0. The predicted octanol–water partition coefficient (Wildman–Crippen LogP) is 2.66. The molecule has 72 valence electrons. The molecule has 0 aliphatic carbocycles. The third kappa shape index (κ3) is 6.30. The third-order valence-electron chi connectivity index (χ3n) is 0.936. The molecule has 0 aromatic heterocycles. The first-order chi connectivity index (χ1) is 4.30. The molecule has 2 nitrogen and oxygen atoms in total. The topological polar surface area (TPSA) is 40.1 Å². The monoisotopic (exact) mass is 381 g/mol. The van der Waals surface area contributed by atoms with Crippen molar-refractivity contribution in [2.75, 3.05) is 0 Å². The highest BCUT2D eigenvalue weighted by atomic mass is 79.9. The molecule has 0 bridgehead atoms. The van der Waals surface area contributed by atoms with E-state index in [9.17, 15) is 8.76 Å². The van der Waals surface area contributed by atoms with E-state index in [4.69, 9.17) is 0 Å². The average molecular weight is 384 g/mol. The van der Waals surface area contributed by atoms with Crippen molar-refractivity contribution in [1.82, 2.24) is 0 Å². The highest BCUT2D eigenvalue weighted by molar-refractivity contribution is 8.93. The number of rotatable bonds is 1. The van der Waals surface area contributed by atoms with Gasteiger partial charge in [-0.3, -0.25) is 4.21 Å². The molecule has 1 aromatic carbocycles. The maximum absolute atomic E-state index is 10.2. The second-order valence-corrected chi connectivity index (χ2v) is 2.49. The first-order valence-corrected chi connectivity index (χ1v) is 3.52. The van der Waals surface area contributed by atoms with Gasteiger partial charge in [0, 0.05) is 4.90 Å². The Balaban J connectivity index is -0.000000270. The quantitative estimate of drug-likeness (QED) is 0.699. The summed E-state index contributed by atoms with van der Waals surface area (Å²) in [6, 6.07) is 8.23. The molecule has 0 saturated carbocycles. The van der Waals surface area contributed by atoms with E-state index in [0.717, 1.165) is 0 Å². The molecule has 12 heavy (non-hydrogen) atoms. The molecule has 0 spiro atoms. The van der Waals surface area contributed by atoms with Gasteiger partial charge in [-0.2, -0.15) is 0 Å². The van der Waals surface area contributed by atoms with Crippen LogP contribution in [0.25, 0.3) is 0 Å². The fraction of sp³-hybridized carbons (Fsp3) is 0. The summed E-state index contributed by atoms with van der Waals surface area (Å²) < 4.78 is 20.4. The molecule has 0 saturated heterocycles. The van der Waals surface area contributed by atoms with Gasteiger partial charge in [0.1, 0.15) is 0 Å². The van der Waals surface area contributed by atoms with Gasteiger partial charge < -0.3 is 4.55 Å². The van der Waals surface area contributed by atoms with Crippen LogP contribution < -0.4 is 0 Å². The van der Waals surface area contributed by atoms with Crippen molar-refractivity contribution in [3.05, 3.63) is 30.3 Å². The fourth-order valence-corrected chi connectivity index (χ4v) is 0.911. The van der Waals surface area contributed by atoms with Crippen LogP contribution in [0.15, 0.2) is 35.2 Å². The molecule has 6 heteroatoms. The van der Waals surface area contributed by atoms with Crippen molar-refractivity contribution in [1.29, 1.82) is 0 Å². The van der Waals surface area contributed by atoms with Crippen LogP contribution in [0.3, 0.4) is 0 Å². The molecule has 0 radical (unpaired) electrons. The van der Waals surface area contributed by atoms with Crippen molar-refractivity contribution in [2.45, 2.75) is 4.90 Å². The Labute approximate surface area is 105 Å². The Morgan fingerprint density at radius 1 is 1.00 bits per heavy atom. The minimum atomic E-state index is -2.08. The summed E-state index contributed by atoms with van der Waals surface area (Å²) in [4.78, 5) is 0.331. The molecule has 0 amide bonds. The molecule has 1 atom stereocenters. The van der Waals surface area contributed by atoms with Gasteiger partial charge in [-0.15, -0.1) is 50.9 Å². The Kier molecular flexibility index (Phi) is 15.2. The predicted molar refractivity (Wildman–Crippen MR) is 64.6 cm³/mol. The smallest absolute Gasteiger partial charge is 0.0248 e. The Hall–Kier alpha value is 0.770. The van der Waals surface area contributed by atoms with Gasteiger partial charge in [0.15, 0.2) is 0 Å². The van der Waals surface area contributed by atoms with Crippen LogP contribution in [-0.4, -0.2) is 8.76 Å². The van der Waals surface area contributed by atoms with Crippen LogP contribution >= 0.6 is 50.9 Å². The summed E-state index contributed by atoms with van der Waals surface area (Å²) in [6.45, 7) is 0. The summed E-state index contributed by atoms with van der Waals surface area (Å²) in [5.41, 5.74) is 0. The van der Waals surface area contributed by atoms with Gasteiger partial charge in [0.2, 0.25) is 0 Å². The maximum atomic E-state index is 10.2. The maximum Gasteiger partial charge on any atom is 0.0248 e. The second kappa shape index (κ2) is 9.85. The molecular formula is C6H8Br3O2S-. The number of benzene rings is 1. The minimum Gasteiger partial charge on any atom is -0.768 e. The molecule has 0 fully saturated rings. The van der Waals surface area contributed by atoms with E-state index in [-0.39, 0.29) is 50.9 Å². The van der Waals surface area contributed by atoms with Gasteiger partial charge >= 0.3 is 0 Å². The summed E-state index contributed by atoms with van der Waals surface area (Å²) in [5, 5.41) is 0. The lowest BCUT2D eigenvalue weighted by Gasteiger charge is -2.01. The van der Waals surface area contributed by atoms with Gasteiger partial charge in [0.25, 0.3) is 0 Å². The van der Waals surface area contributed by atoms with Crippen LogP contribution in [0.4, 0.5) is 0 Å². The van der Waals surface area contributed by atoms with Gasteiger partial charge in [0.05, 0.1) is 0 Å². The van der Waals surface area contributed by atoms with E-state index < -0.39 is 11.1 Å². The summed E-state index contributed by atoms with van der Waals surface area (Å²) in [7, 11) is 0. The van der Waals surface area contributed by atoms with Crippen LogP contribution in [0.1, 0.15) is 0 Å². The van der Waals surface area contributed by atoms with Gasteiger partial charge in [-0.25, -0.2) is 0 Å². The highest BCUT2D eigenvalue weighted by Crippen LogP contribution is 2.00. The van der Waals surface area contributed by atoms with Crippen molar-refractivity contribution in [3.8, 4) is 0 Å². The molecule has 1 rings (SSSR count). The average Bonchev–Trinajstić information content (AvgIpc) is 1.90. The zero-order valence-corrected chi connectivity index (χ0v) is 11.8. The molecular weight excluding hydrogens is 376 g/mol. The molecule has 0 aliphatic heterocycles. The van der Waals surface area contributed by atoms with Crippen LogP contribution in [-0.2, 0) is 11.1 Å². The van der Waals surface area contributed by atoms with E-state index in [1.54, 1.807) is 30.3 Å². The number of hydrogen-bond acceptors (Lipinski definition) is 2. The first kappa shape index (κ1) is 18.5. The standard InChI is InChI=1S/C6H6O2S.3BrH/c7-9(8)6-4-2-1-3-5-6;;;/h1-5H,(H,7,8);3*1H/p-1. The van der Waals surface area contributed by atoms with Crippen molar-refractivity contribution >= 4 is 62.0 Å². The van der Waals surface area contributed by atoms with E-state index in [0.29, 0.717) is 4.90 Å². The van der Waals surface area contributed by atoms with Crippen LogP contribution in [0.5, 0.6) is 0 Å². The Bertz CT molecular complexity index is 217. The zero-order valence-electron chi connectivity index (χ0n) is 5.84. The van der Waals surface area contributed by atoms with E-state index >= 15 is 0 Å². The molecule has 0 N–H and O–H groups in total. The zero-order chi connectivity index (χ0) is 6.69. The molecule has 0 heterocycles. The van der Waals surface area contributed by atoms with Crippen LogP contribution in [0.2, 0.25) is 0 Å². The largest absolute Gasteiger partial charge is 0.768 e. The number of hydrogen-bond donors (Lipinski definition) is 0. The first-order valence-electron chi connectivity index (χ1n) is 2.45. The molecule has 1 aromatic rings. The lowest BCUT2D eigenvalue weighted by Crippen LogP contribution is -1.85. The van der Waals surface area contributed by atoms with E-state index in [2.05, 4.69) is 0 Å². The Morgan fingerprint density at radius 3 is 1.67 bits per heavy atom. The van der Waals surface area contributed by atoms with Gasteiger partial charge in [-0.1, -0.05) is 18.2 Å². The summed E-state index contributed by atoms with van der Waals surface area (Å²) >= 11 is -2.08. The van der Waals surface area contributed by atoms with Crippen LogP contribution in [0, 0.1) is 0 Å². The number of halogens is 3. The van der Waals surface area contributed by atoms with E-state index in [1.165, 1.54) is 0 Å². The van der Waals surface area contributed by atoms with E-state index in [1.807, 2.05) is 0 Å². The SMILES string of the molecule is Br.Br.Br.O=S([O-])c1ccccc1. The lowest BCUT2D eigenvalue weighted by atomic mass is 10.4. The Morgan fingerprint density at radius 2 is 1.42 bits per heavy atom. The highest BCUT2D eigenvalue weighted by Gasteiger charge is 1.84. The summed E-state index contributed by atoms with van der Waals surface area (Å²) in [6.07, 6.45) is 0. The molecule has 0 aliphatic rings. The summed E-state index contributed by atoms with van der Waals surface area (Å²) in [5.74, 6) is 0. The van der Waals surface area contributed by atoms with Crippen molar-refractivity contribution in [2.24, 2.45) is 0 Å². The molecule has 1 unspecified atom stereocenters. The lowest BCUT2D eigenvalue weighted by molar-refractivity contribution is 0.537. The third-order valence-corrected chi connectivity index (χ3v) is 1.59. The van der Waals surface area contributed by atoms with Crippen molar-refractivity contribution in [3.63, 3.8) is 0 Å². The fourth-order valence-electron chi connectivity index (χ4n) is 0.532. The normalized spacial score (nSPS) is 9.75. The van der Waals surface area contributed by atoms with Gasteiger partial charge in [-0.05, 0) is 23.2 Å². The van der Waals surface area contributed by atoms with Crippen molar-refractivity contribution < 1.29 is 8.76 Å². The second-order valence-electron chi connectivity index (χ2n) is 1.55.